The first-order valence-electron chi connectivity index (χ1n) is 8.45. The maximum atomic E-state index is 11.9. The first kappa shape index (κ1) is 20.5. The van der Waals surface area contributed by atoms with E-state index in [-0.39, 0.29) is 18.9 Å². The number of carbonyl (C=O) groups excluding carboxylic acids is 3. The monoisotopic (exact) mass is 386 g/mol. The zero-order valence-corrected chi connectivity index (χ0v) is 16.1. The van der Waals surface area contributed by atoms with Gasteiger partial charge in [0, 0.05) is 28.9 Å². The van der Waals surface area contributed by atoms with Crippen molar-refractivity contribution in [3.63, 3.8) is 0 Å². The lowest BCUT2D eigenvalue weighted by atomic mass is 10.2. The molecule has 142 valence electrons. The second-order valence-electron chi connectivity index (χ2n) is 5.88. The van der Waals surface area contributed by atoms with Gasteiger partial charge in [-0.25, -0.2) is 0 Å². The molecular formula is C20H22N2O4S. The molecule has 0 aliphatic carbocycles. The molecule has 0 fully saturated rings. The smallest absolute Gasteiger partial charge is 0.307 e. The van der Waals surface area contributed by atoms with Gasteiger partial charge in [-0.05, 0) is 37.3 Å². The highest BCUT2D eigenvalue weighted by atomic mass is 32.2. The molecule has 2 N–H and O–H groups in total. The van der Waals surface area contributed by atoms with Crippen LogP contribution < -0.4 is 10.6 Å². The molecule has 2 rings (SSSR count). The highest BCUT2D eigenvalue weighted by Gasteiger charge is 2.09. The summed E-state index contributed by atoms with van der Waals surface area (Å²) in [7, 11) is 0. The van der Waals surface area contributed by atoms with Crippen molar-refractivity contribution in [1.29, 1.82) is 0 Å². The molecule has 0 saturated heterocycles. The van der Waals surface area contributed by atoms with Gasteiger partial charge in [0.25, 0.3) is 5.91 Å². The topological polar surface area (TPSA) is 84.5 Å². The van der Waals surface area contributed by atoms with Crippen molar-refractivity contribution in [3.05, 3.63) is 54.1 Å². The normalized spacial score (nSPS) is 10.1. The third-order valence-electron chi connectivity index (χ3n) is 3.43. The van der Waals surface area contributed by atoms with E-state index in [4.69, 9.17) is 4.74 Å². The molecule has 0 heterocycles. The van der Waals surface area contributed by atoms with Crippen LogP contribution in [-0.4, -0.2) is 30.1 Å². The number of hydrogen-bond acceptors (Lipinski definition) is 5. The number of ether oxygens (including phenoxy) is 1. The van der Waals surface area contributed by atoms with E-state index in [1.807, 2.05) is 31.2 Å². The summed E-state index contributed by atoms with van der Waals surface area (Å²) >= 11 is 1.56. The second-order valence-corrected chi connectivity index (χ2v) is 7.05. The molecule has 0 radical (unpaired) electrons. The van der Waals surface area contributed by atoms with Gasteiger partial charge in [-0.3, -0.25) is 14.4 Å². The first-order valence-corrected chi connectivity index (χ1v) is 9.43. The van der Waals surface area contributed by atoms with E-state index < -0.39 is 11.9 Å². The third kappa shape index (κ3) is 7.96. The number of aryl methyl sites for hydroxylation is 1. The lowest BCUT2D eigenvalue weighted by Gasteiger charge is -2.08. The first-order chi connectivity index (χ1) is 12.9. The molecule has 0 aromatic heterocycles. The van der Waals surface area contributed by atoms with E-state index in [0.29, 0.717) is 17.1 Å². The Morgan fingerprint density at radius 3 is 2.33 bits per heavy atom. The van der Waals surface area contributed by atoms with Crippen LogP contribution in [0.25, 0.3) is 0 Å². The molecule has 2 aromatic carbocycles. The summed E-state index contributed by atoms with van der Waals surface area (Å²) in [4.78, 5) is 35.8. The van der Waals surface area contributed by atoms with E-state index in [2.05, 4.69) is 10.6 Å². The van der Waals surface area contributed by atoms with E-state index >= 15 is 0 Å². The van der Waals surface area contributed by atoms with Crippen LogP contribution in [0.5, 0.6) is 0 Å². The molecule has 0 saturated carbocycles. The molecule has 0 atom stereocenters. The lowest BCUT2D eigenvalue weighted by Crippen LogP contribution is -2.21. The maximum absolute atomic E-state index is 11.9. The highest BCUT2D eigenvalue weighted by Crippen LogP contribution is 2.19. The fraction of sp³-hybridized carbons (Fsp3) is 0.250. The minimum absolute atomic E-state index is 0.198. The fourth-order valence-corrected chi connectivity index (χ4v) is 3.01. The van der Waals surface area contributed by atoms with Crippen LogP contribution in [0.1, 0.15) is 18.9 Å². The molecule has 6 nitrogen and oxygen atoms in total. The fourth-order valence-electron chi connectivity index (χ4n) is 2.18. The van der Waals surface area contributed by atoms with Gasteiger partial charge < -0.3 is 15.4 Å². The van der Waals surface area contributed by atoms with Crippen molar-refractivity contribution in [3.8, 4) is 0 Å². The van der Waals surface area contributed by atoms with Crippen LogP contribution in [0, 0.1) is 6.92 Å². The van der Waals surface area contributed by atoms with Crippen LogP contribution in [0.2, 0.25) is 0 Å². The van der Waals surface area contributed by atoms with Crippen molar-refractivity contribution in [2.45, 2.75) is 25.2 Å². The summed E-state index contributed by atoms with van der Waals surface area (Å²) in [5.41, 5.74) is 2.27. The number of hydrogen-bond donors (Lipinski definition) is 2. The summed E-state index contributed by atoms with van der Waals surface area (Å²) in [5.74, 6) is -0.468. The van der Waals surface area contributed by atoms with Gasteiger partial charge in [-0.1, -0.05) is 23.8 Å². The molecule has 2 amide bonds. The summed E-state index contributed by atoms with van der Waals surface area (Å²) in [6, 6.07) is 14.8. The Morgan fingerprint density at radius 2 is 1.67 bits per heavy atom. The van der Waals surface area contributed by atoms with Crippen molar-refractivity contribution >= 4 is 40.9 Å². The minimum atomic E-state index is -0.436. The number of rotatable bonds is 8. The second kappa shape index (κ2) is 10.4. The van der Waals surface area contributed by atoms with Gasteiger partial charge in [0.05, 0.1) is 6.42 Å². The minimum Gasteiger partial charge on any atom is -0.456 e. The van der Waals surface area contributed by atoms with E-state index in [1.54, 1.807) is 36.0 Å². The number of amides is 2. The van der Waals surface area contributed by atoms with Crippen LogP contribution >= 0.6 is 11.8 Å². The van der Waals surface area contributed by atoms with E-state index in [0.717, 1.165) is 4.90 Å². The number of carbonyl (C=O) groups is 3. The standard InChI is InChI=1S/C20H22N2O4S/c1-14-6-8-18(9-7-14)27-11-10-20(25)26-13-19(24)22-17-5-3-4-16(12-17)21-15(2)23/h3-9,12H,10-11,13H2,1-2H3,(H,21,23)(H,22,24). The Labute approximate surface area is 162 Å². The van der Waals surface area contributed by atoms with Crippen LogP contribution in [0.4, 0.5) is 11.4 Å². The number of nitrogens with one attached hydrogen (secondary N) is 2. The Bertz CT molecular complexity index is 806. The molecule has 0 aliphatic heterocycles. The lowest BCUT2D eigenvalue weighted by molar-refractivity contribution is -0.146. The Kier molecular flexibility index (Phi) is 7.88. The molecule has 2 aromatic rings. The highest BCUT2D eigenvalue weighted by molar-refractivity contribution is 7.99. The largest absolute Gasteiger partial charge is 0.456 e. The molecule has 7 heteroatoms. The van der Waals surface area contributed by atoms with E-state index in [1.165, 1.54) is 12.5 Å². The van der Waals surface area contributed by atoms with Crippen molar-refractivity contribution in [2.75, 3.05) is 23.0 Å². The van der Waals surface area contributed by atoms with Crippen molar-refractivity contribution < 1.29 is 19.1 Å². The van der Waals surface area contributed by atoms with Crippen LogP contribution in [0.3, 0.4) is 0 Å². The van der Waals surface area contributed by atoms with Crippen LogP contribution in [-0.2, 0) is 19.1 Å². The molecule has 27 heavy (non-hydrogen) atoms. The predicted molar refractivity (Wildman–Crippen MR) is 107 cm³/mol. The predicted octanol–water partition coefficient (Wildman–Crippen LogP) is 3.62. The molecule has 0 bridgehead atoms. The summed E-state index contributed by atoms with van der Waals surface area (Å²) in [6.45, 7) is 3.08. The van der Waals surface area contributed by atoms with Gasteiger partial charge in [0.15, 0.2) is 6.61 Å². The summed E-state index contributed by atoms with van der Waals surface area (Å²) < 4.78 is 4.99. The Balaban J connectivity index is 1.69. The SMILES string of the molecule is CC(=O)Nc1cccc(NC(=O)COC(=O)CCSc2ccc(C)cc2)c1. The molecular weight excluding hydrogens is 364 g/mol. The zero-order valence-electron chi connectivity index (χ0n) is 15.3. The van der Waals surface area contributed by atoms with Crippen molar-refractivity contribution in [2.24, 2.45) is 0 Å². The Morgan fingerprint density at radius 1 is 1.00 bits per heavy atom. The van der Waals surface area contributed by atoms with Gasteiger partial charge in [-0.2, -0.15) is 0 Å². The average molecular weight is 386 g/mol. The molecule has 0 spiro atoms. The van der Waals surface area contributed by atoms with Crippen molar-refractivity contribution in [1.82, 2.24) is 0 Å². The number of anilines is 2. The molecule has 0 unspecified atom stereocenters. The third-order valence-corrected chi connectivity index (χ3v) is 4.44. The van der Waals surface area contributed by atoms with Gasteiger partial charge in [-0.15, -0.1) is 11.8 Å². The van der Waals surface area contributed by atoms with E-state index in [9.17, 15) is 14.4 Å². The maximum Gasteiger partial charge on any atom is 0.307 e. The summed E-state index contributed by atoms with van der Waals surface area (Å²) in [6.07, 6.45) is 0.226. The van der Waals surface area contributed by atoms with Crippen LogP contribution in [0.15, 0.2) is 53.4 Å². The van der Waals surface area contributed by atoms with Gasteiger partial charge in [0.1, 0.15) is 0 Å². The zero-order chi connectivity index (χ0) is 19.6. The summed E-state index contributed by atoms with van der Waals surface area (Å²) in [5, 5.41) is 5.26. The average Bonchev–Trinajstić information content (AvgIpc) is 2.61. The number of esters is 1. The van der Waals surface area contributed by atoms with Gasteiger partial charge >= 0.3 is 5.97 Å². The molecule has 0 aliphatic rings. The number of benzene rings is 2. The number of thioether (sulfide) groups is 1. The quantitative estimate of drug-likeness (QED) is 0.535. The Hall–Kier alpha value is -2.80. The van der Waals surface area contributed by atoms with Gasteiger partial charge in [0.2, 0.25) is 5.91 Å².